The van der Waals surface area contributed by atoms with E-state index in [-0.39, 0.29) is 12.3 Å². The number of fused-ring (bicyclic) bond motifs is 3. The molecule has 2 aliphatic rings. The van der Waals surface area contributed by atoms with Crippen molar-refractivity contribution in [3.05, 3.63) is 57.5 Å². The molecule has 0 bridgehead atoms. The van der Waals surface area contributed by atoms with Crippen LogP contribution in [0, 0.1) is 20.8 Å². The van der Waals surface area contributed by atoms with Crippen molar-refractivity contribution in [2.24, 2.45) is 4.99 Å². The number of nitrogens with zero attached hydrogens (tertiary/aromatic N) is 4. The molecule has 1 fully saturated rings. The van der Waals surface area contributed by atoms with Crippen LogP contribution in [0.5, 0.6) is 5.75 Å². The van der Waals surface area contributed by atoms with Crippen LogP contribution in [0.3, 0.4) is 0 Å². The van der Waals surface area contributed by atoms with E-state index < -0.39 is 0 Å². The Kier molecular flexibility index (Phi) is 8.34. The van der Waals surface area contributed by atoms with Gasteiger partial charge in [0.2, 0.25) is 0 Å². The van der Waals surface area contributed by atoms with Crippen molar-refractivity contribution in [1.82, 2.24) is 14.8 Å². The lowest BCUT2D eigenvalue weighted by Gasteiger charge is -2.22. The molecule has 1 aromatic carbocycles. The van der Waals surface area contributed by atoms with Crippen molar-refractivity contribution < 1.29 is 18.9 Å². The van der Waals surface area contributed by atoms with E-state index in [1.54, 1.807) is 11.3 Å². The molecule has 198 valence electrons. The number of hydrogen-bond acceptors (Lipinski definition) is 8. The van der Waals surface area contributed by atoms with Crippen molar-refractivity contribution in [3.63, 3.8) is 0 Å². The fraction of sp³-hybridized carbons (Fsp3) is 0.536. The number of aromatic nitrogens is 3. The maximum atomic E-state index is 5.91. The molecular weight excluding hydrogens is 488 g/mol. The van der Waals surface area contributed by atoms with E-state index >= 15 is 0 Å². The average Bonchev–Trinajstić information content (AvgIpc) is 3.39. The Hall–Kier alpha value is -2.59. The quantitative estimate of drug-likeness (QED) is 0.326. The second kappa shape index (κ2) is 11.9. The summed E-state index contributed by atoms with van der Waals surface area (Å²) in [6.45, 7) is 11.6. The van der Waals surface area contributed by atoms with Gasteiger partial charge in [-0.25, -0.2) is 0 Å². The van der Waals surface area contributed by atoms with Crippen molar-refractivity contribution in [3.8, 4) is 10.8 Å². The third-order valence-corrected chi connectivity index (χ3v) is 8.04. The van der Waals surface area contributed by atoms with Gasteiger partial charge in [-0.1, -0.05) is 0 Å². The SMILES string of the molecule is Cc1sc2c(c1C)C(c1ccc(OCCOCCCOC3CCCCO3)cc1)=N[C@@H](C)c1nnc(C)n1-2. The van der Waals surface area contributed by atoms with E-state index in [0.717, 1.165) is 65.1 Å². The first-order valence-electron chi connectivity index (χ1n) is 13.2. The second-order valence-corrected chi connectivity index (χ2v) is 10.8. The zero-order valence-electron chi connectivity index (χ0n) is 22.2. The summed E-state index contributed by atoms with van der Waals surface area (Å²) in [6, 6.07) is 8.09. The maximum Gasteiger partial charge on any atom is 0.162 e. The molecule has 2 aliphatic heterocycles. The molecule has 37 heavy (non-hydrogen) atoms. The highest BCUT2D eigenvalue weighted by Gasteiger charge is 2.29. The maximum absolute atomic E-state index is 5.91. The van der Waals surface area contributed by atoms with Gasteiger partial charge < -0.3 is 18.9 Å². The first kappa shape index (κ1) is 26.0. The van der Waals surface area contributed by atoms with E-state index in [1.165, 1.54) is 16.9 Å². The predicted molar refractivity (Wildman–Crippen MR) is 144 cm³/mol. The van der Waals surface area contributed by atoms with Gasteiger partial charge in [-0.3, -0.25) is 9.56 Å². The molecule has 8 nitrogen and oxygen atoms in total. The Balaban J connectivity index is 1.16. The number of ether oxygens (including phenoxy) is 4. The topological polar surface area (TPSA) is 80.0 Å². The van der Waals surface area contributed by atoms with E-state index in [1.807, 2.05) is 19.1 Å². The lowest BCUT2D eigenvalue weighted by Crippen LogP contribution is -2.23. The number of benzene rings is 1. The second-order valence-electron chi connectivity index (χ2n) is 9.56. The summed E-state index contributed by atoms with van der Waals surface area (Å²) in [6.07, 6.45) is 4.14. The fourth-order valence-corrected chi connectivity index (χ4v) is 5.94. The summed E-state index contributed by atoms with van der Waals surface area (Å²) < 4.78 is 25.1. The van der Waals surface area contributed by atoms with Gasteiger partial charge in [0, 0.05) is 29.2 Å². The minimum atomic E-state index is -0.0934. The van der Waals surface area contributed by atoms with Crippen LogP contribution in [-0.2, 0) is 14.2 Å². The van der Waals surface area contributed by atoms with Crippen LogP contribution in [0.4, 0.5) is 0 Å². The molecule has 0 saturated carbocycles. The van der Waals surface area contributed by atoms with Crippen LogP contribution in [0.1, 0.15) is 71.9 Å². The molecule has 0 aliphatic carbocycles. The number of rotatable bonds is 10. The van der Waals surface area contributed by atoms with Crippen molar-refractivity contribution >= 4 is 17.0 Å². The lowest BCUT2D eigenvalue weighted by molar-refractivity contribution is -0.164. The van der Waals surface area contributed by atoms with E-state index in [0.29, 0.717) is 26.4 Å². The fourth-order valence-electron chi connectivity index (χ4n) is 4.73. The monoisotopic (exact) mass is 524 g/mol. The largest absolute Gasteiger partial charge is 0.491 e. The summed E-state index contributed by atoms with van der Waals surface area (Å²) in [5.41, 5.74) is 4.47. The van der Waals surface area contributed by atoms with Crippen molar-refractivity contribution in [2.45, 2.75) is 65.7 Å². The minimum absolute atomic E-state index is 0.0321. The number of aryl methyl sites for hydroxylation is 2. The highest BCUT2D eigenvalue weighted by atomic mass is 32.1. The zero-order chi connectivity index (χ0) is 25.8. The Morgan fingerprint density at radius 2 is 1.86 bits per heavy atom. The molecule has 1 saturated heterocycles. The first-order chi connectivity index (χ1) is 18.0. The molecular formula is C28H36N4O4S. The Morgan fingerprint density at radius 3 is 2.65 bits per heavy atom. The van der Waals surface area contributed by atoms with Gasteiger partial charge in [0.05, 0.1) is 18.9 Å². The molecule has 9 heteroatoms. The first-order valence-corrected chi connectivity index (χ1v) is 14.0. The van der Waals surface area contributed by atoms with Gasteiger partial charge >= 0.3 is 0 Å². The van der Waals surface area contributed by atoms with Gasteiger partial charge in [-0.05, 0) is 83.2 Å². The molecule has 0 N–H and O–H groups in total. The van der Waals surface area contributed by atoms with Crippen molar-refractivity contribution in [1.29, 1.82) is 0 Å². The molecule has 2 aromatic heterocycles. The minimum Gasteiger partial charge on any atom is -0.491 e. The van der Waals surface area contributed by atoms with Gasteiger partial charge in [0.1, 0.15) is 29.2 Å². The van der Waals surface area contributed by atoms with Crippen LogP contribution in [0.2, 0.25) is 0 Å². The van der Waals surface area contributed by atoms with E-state index in [9.17, 15) is 0 Å². The third kappa shape index (κ3) is 5.80. The highest BCUT2D eigenvalue weighted by Crippen LogP contribution is 2.38. The van der Waals surface area contributed by atoms with Gasteiger partial charge in [-0.2, -0.15) is 0 Å². The van der Waals surface area contributed by atoms with Crippen LogP contribution >= 0.6 is 11.3 Å². The number of aliphatic imine (C=N–C) groups is 1. The summed E-state index contributed by atoms with van der Waals surface area (Å²) in [4.78, 5) is 6.39. The standard InChI is InChI=1S/C28H36N4O4S/c1-18-20(3)37-28-25(18)26(29-19(2)27-31-30-21(4)32(27)28)22-9-11-23(12-10-22)34-17-16-33-13-7-15-36-24-8-5-6-14-35-24/h9-12,19,24H,5-8,13-17H2,1-4H3/t19-,24?/m0/s1. The Bertz CT molecular complexity index is 1230. The molecule has 5 rings (SSSR count). The van der Waals surface area contributed by atoms with Gasteiger partial charge in [0.25, 0.3) is 0 Å². The van der Waals surface area contributed by atoms with Gasteiger partial charge in [0.15, 0.2) is 12.1 Å². The predicted octanol–water partition coefficient (Wildman–Crippen LogP) is 5.49. The molecule has 3 aromatic rings. The molecule has 0 spiro atoms. The Morgan fingerprint density at radius 1 is 1.03 bits per heavy atom. The lowest BCUT2D eigenvalue weighted by atomic mass is 9.99. The van der Waals surface area contributed by atoms with Gasteiger partial charge in [-0.15, -0.1) is 21.5 Å². The van der Waals surface area contributed by atoms with Crippen LogP contribution in [-0.4, -0.2) is 59.8 Å². The number of hydrogen-bond donors (Lipinski definition) is 0. The molecule has 0 amide bonds. The van der Waals surface area contributed by atoms with Crippen molar-refractivity contribution in [2.75, 3.05) is 33.0 Å². The summed E-state index contributed by atoms with van der Waals surface area (Å²) in [5, 5.41) is 9.90. The van der Waals surface area contributed by atoms with Crippen LogP contribution < -0.4 is 4.74 Å². The summed E-state index contributed by atoms with van der Waals surface area (Å²) in [7, 11) is 0. The summed E-state index contributed by atoms with van der Waals surface area (Å²) in [5.74, 6) is 2.58. The molecule has 0 radical (unpaired) electrons. The highest BCUT2D eigenvalue weighted by molar-refractivity contribution is 7.15. The van der Waals surface area contributed by atoms with E-state index in [2.05, 4.69) is 47.7 Å². The van der Waals surface area contributed by atoms with E-state index in [4.69, 9.17) is 23.9 Å². The van der Waals surface area contributed by atoms with Crippen LogP contribution in [0.25, 0.3) is 5.00 Å². The zero-order valence-corrected chi connectivity index (χ0v) is 23.0. The van der Waals surface area contributed by atoms with Crippen LogP contribution in [0.15, 0.2) is 29.3 Å². The number of thiophene rings is 1. The molecule has 1 unspecified atom stereocenters. The Labute approximate surface area is 222 Å². The molecule has 2 atom stereocenters. The normalized spacial score (nSPS) is 19.2. The molecule has 4 heterocycles. The smallest absolute Gasteiger partial charge is 0.162 e. The average molecular weight is 525 g/mol. The third-order valence-electron chi connectivity index (χ3n) is 6.85. The summed E-state index contributed by atoms with van der Waals surface area (Å²) >= 11 is 1.77.